The van der Waals surface area contributed by atoms with Crippen LogP contribution in [0.15, 0.2) is 24.3 Å². The van der Waals surface area contributed by atoms with Crippen LogP contribution in [-0.2, 0) is 11.3 Å². The summed E-state index contributed by atoms with van der Waals surface area (Å²) in [6.45, 7) is 5.54. The van der Waals surface area contributed by atoms with Crippen molar-refractivity contribution in [1.82, 2.24) is 10.2 Å². The maximum Gasteiger partial charge on any atom is 0.234 e. The molecule has 0 unspecified atom stereocenters. The first-order chi connectivity index (χ1) is 9.52. The number of hydrogen-bond donors (Lipinski definition) is 2. The Morgan fingerprint density at radius 3 is 2.60 bits per heavy atom. The predicted molar refractivity (Wildman–Crippen MR) is 79.6 cm³/mol. The second-order valence-corrected chi connectivity index (χ2v) is 5.00. The number of rotatable bonds is 7. The smallest absolute Gasteiger partial charge is 0.234 e. The lowest BCUT2D eigenvalue weighted by Crippen LogP contribution is -2.40. The van der Waals surface area contributed by atoms with Crippen LogP contribution in [0.1, 0.15) is 25.8 Å². The summed E-state index contributed by atoms with van der Waals surface area (Å²) in [4.78, 5) is 13.9. The van der Waals surface area contributed by atoms with Gasteiger partial charge in [0.1, 0.15) is 0 Å². The number of benzene rings is 1. The monoisotopic (exact) mass is 274 g/mol. The topological polar surface area (TPSA) is 82.2 Å². The highest BCUT2D eigenvalue weighted by Crippen LogP contribution is 2.10. The Morgan fingerprint density at radius 1 is 1.40 bits per heavy atom. The molecule has 3 N–H and O–H groups in total. The normalized spacial score (nSPS) is 10.6. The molecule has 5 nitrogen and oxygen atoms in total. The Labute approximate surface area is 120 Å². The molecule has 20 heavy (non-hydrogen) atoms. The minimum absolute atomic E-state index is 0.0515. The van der Waals surface area contributed by atoms with E-state index in [4.69, 9.17) is 11.0 Å². The van der Waals surface area contributed by atoms with Gasteiger partial charge in [0.25, 0.3) is 0 Å². The molecule has 0 spiro atoms. The summed E-state index contributed by atoms with van der Waals surface area (Å²) in [7, 11) is 0. The fourth-order valence-corrected chi connectivity index (χ4v) is 1.78. The van der Waals surface area contributed by atoms with E-state index in [1.165, 1.54) is 0 Å². The van der Waals surface area contributed by atoms with Crippen molar-refractivity contribution < 1.29 is 4.79 Å². The van der Waals surface area contributed by atoms with E-state index in [2.05, 4.69) is 24.1 Å². The Kier molecular flexibility index (Phi) is 6.54. The minimum atomic E-state index is -0.0515. The highest BCUT2D eigenvalue weighted by molar-refractivity contribution is 5.78. The maximum absolute atomic E-state index is 11.8. The molecule has 0 fully saturated rings. The van der Waals surface area contributed by atoms with Gasteiger partial charge in [-0.3, -0.25) is 9.69 Å². The van der Waals surface area contributed by atoms with Gasteiger partial charge in [0, 0.05) is 24.8 Å². The second kappa shape index (κ2) is 8.18. The van der Waals surface area contributed by atoms with Crippen molar-refractivity contribution in [3.63, 3.8) is 0 Å². The fourth-order valence-electron chi connectivity index (χ4n) is 1.78. The van der Waals surface area contributed by atoms with Crippen LogP contribution < -0.4 is 11.1 Å². The van der Waals surface area contributed by atoms with E-state index in [0.717, 1.165) is 11.3 Å². The average molecular weight is 274 g/mol. The average Bonchev–Trinajstić information content (AvgIpc) is 2.40. The first-order valence-electron chi connectivity index (χ1n) is 6.75. The van der Waals surface area contributed by atoms with Crippen LogP contribution in [0.5, 0.6) is 0 Å². The zero-order chi connectivity index (χ0) is 15.0. The number of nitrogens with two attached hydrogens (primary N) is 1. The third kappa shape index (κ3) is 5.72. The SMILES string of the molecule is CC(C)N(CC(=O)NCCC#N)Cc1ccc(N)cc1. The van der Waals surface area contributed by atoms with Crippen molar-refractivity contribution in [1.29, 1.82) is 5.26 Å². The highest BCUT2D eigenvalue weighted by atomic mass is 16.2. The number of hydrogen-bond acceptors (Lipinski definition) is 4. The van der Waals surface area contributed by atoms with Crippen LogP contribution in [0.2, 0.25) is 0 Å². The molecule has 0 aromatic heterocycles. The van der Waals surface area contributed by atoms with Crippen molar-refractivity contribution in [3.05, 3.63) is 29.8 Å². The Balaban J connectivity index is 2.54. The van der Waals surface area contributed by atoms with E-state index in [1.807, 2.05) is 30.3 Å². The maximum atomic E-state index is 11.8. The van der Waals surface area contributed by atoms with Crippen molar-refractivity contribution in [3.8, 4) is 6.07 Å². The minimum Gasteiger partial charge on any atom is -0.399 e. The molecule has 1 aromatic carbocycles. The molecule has 0 bridgehead atoms. The third-order valence-corrected chi connectivity index (χ3v) is 3.00. The summed E-state index contributed by atoms with van der Waals surface area (Å²) in [6, 6.07) is 9.93. The zero-order valence-electron chi connectivity index (χ0n) is 12.1. The van der Waals surface area contributed by atoms with Crippen LogP contribution >= 0.6 is 0 Å². The molecule has 0 aliphatic carbocycles. The number of amides is 1. The lowest BCUT2D eigenvalue weighted by molar-refractivity contribution is -0.122. The molecule has 108 valence electrons. The highest BCUT2D eigenvalue weighted by Gasteiger charge is 2.14. The van der Waals surface area contributed by atoms with Gasteiger partial charge < -0.3 is 11.1 Å². The second-order valence-electron chi connectivity index (χ2n) is 5.00. The van der Waals surface area contributed by atoms with Gasteiger partial charge in [-0.2, -0.15) is 5.26 Å². The molecule has 1 rings (SSSR count). The van der Waals surface area contributed by atoms with Gasteiger partial charge in [-0.25, -0.2) is 0 Å². The van der Waals surface area contributed by atoms with Crippen molar-refractivity contribution in [2.75, 3.05) is 18.8 Å². The number of nitriles is 1. The molecule has 0 radical (unpaired) electrons. The molecule has 5 heteroatoms. The van der Waals surface area contributed by atoms with Gasteiger partial charge in [0.2, 0.25) is 5.91 Å². The molecule has 0 heterocycles. The molecule has 0 aliphatic rings. The van der Waals surface area contributed by atoms with Crippen molar-refractivity contribution in [2.24, 2.45) is 0 Å². The van der Waals surface area contributed by atoms with Crippen LogP contribution in [0.3, 0.4) is 0 Å². The summed E-state index contributed by atoms with van der Waals surface area (Å²) in [5.41, 5.74) is 7.52. The molecule has 0 atom stereocenters. The summed E-state index contributed by atoms with van der Waals surface area (Å²) < 4.78 is 0. The molecular weight excluding hydrogens is 252 g/mol. The molecule has 1 aromatic rings. The van der Waals surface area contributed by atoms with Gasteiger partial charge in [-0.05, 0) is 31.5 Å². The number of carbonyl (C=O) groups excluding carboxylic acids is 1. The van der Waals surface area contributed by atoms with E-state index in [1.54, 1.807) is 0 Å². The molecule has 1 amide bonds. The lowest BCUT2D eigenvalue weighted by Gasteiger charge is -2.25. The number of anilines is 1. The Bertz CT molecular complexity index is 462. The van der Waals surface area contributed by atoms with E-state index in [-0.39, 0.29) is 11.9 Å². The van der Waals surface area contributed by atoms with Gasteiger partial charge in [0.15, 0.2) is 0 Å². The third-order valence-electron chi connectivity index (χ3n) is 3.00. The first-order valence-corrected chi connectivity index (χ1v) is 6.75. The van der Waals surface area contributed by atoms with Crippen LogP contribution in [0.25, 0.3) is 0 Å². The number of carbonyl (C=O) groups is 1. The molecule has 0 saturated heterocycles. The van der Waals surface area contributed by atoms with Crippen molar-refractivity contribution >= 4 is 11.6 Å². The van der Waals surface area contributed by atoms with E-state index in [0.29, 0.717) is 26.1 Å². The number of nitrogens with one attached hydrogen (secondary N) is 1. The standard InChI is InChI=1S/C15H22N4O/c1-12(2)19(11-15(20)18-9-3-8-16)10-13-4-6-14(17)7-5-13/h4-7,12H,3,9-11,17H2,1-2H3,(H,18,20). The fraction of sp³-hybridized carbons (Fsp3) is 0.467. The quantitative estimate of drug-likeness (QED) is 0.583. The van der Waals surface area contributed by atoms with E-state index in [9.17, 15) is 4.79 Å². The van der Waals surface area contributed by atoms with Crippen LogP contribution in [0, 0.1) is 11.3 Å². The number of nitrogen functional groups attached to an aromatic ring is 1. The predicted octanol–water partition coefficient (Wildman–Crippen LogP) is 1.51. The largest absolute Gasteiger partial charge is 0.399 e. The summed E-state index contributed by atoms with van der Waals surface area (Å²) in [5, 5.41) is 11.2. The Hall–Kier alpha value is -2.06. The van der Waals surface area contributed by atoms with Crippen LogP contribution in [0.4, 0.5) is 5.69 Å². The van der Waals surface area contributed by atoms with Gasteiger partial charge in [-0.15, -0.1) is 0 Å². The van der Waals surface area contributed by atoms with Gasteiger partial charge in [-0.1, -0.05) is 12.1 Å². The summed E-state index contributed by atoms with van der Waals surface area (Å²) in [6.07, 6.45) is 0.339. The summed E-state index contributed by atoms with van der Waals surface area (Å²) in [5.74, 6) is -0.0515. The van der Waals surface area contributed by atoms with E-state index >= 15 is 0 Å². The zero-order valence-corrected chi connectivity index (χ0v) is 12.1. The molecular formula is C15H22N4O. The van der Waals surface area contributed by atoms with Gasteiger partial charge >= 0.3 is 0 Å². The summed E-state index contributed by atoms with van der Waals surface area (Å²) >= 11 is 0. The Morgan fingerprint density at radius 2 is 2.05 bits per heavy atom. The first kappa shape index (κ1) is 16.0. The molecule has 0 aliphatic heterocycles. The van der Waals surface area contributed by atoms with Gasteiger partial charge in [0.05, 0.1) is 19.0 Å². The lowest BCUT2D eigenvalue weighted by atomic mass is 10.1. The van der Waals surface area contributed by atoms with Crippen molar-refractivity contribution in [2.45, 2.75) is 32.9 Å². The molecule has 0 saturated carbocycles. The van der Waals surface area contributed by atoms with E-state index < -0.39 is 0 Å². The van der Waals surface area contributed by atoms with Crippen LogP contribution in [-0.4, -0.2) is 29.9 Å². The number of nitrogens with zero attached hydrogens (tertiary/aromatic N) is 2.